The molecule has 2 aromatic carbocycles. The summed E-state index contributed by atoms with van der Waals surface area (Å²) in [6.45, 7) is 13.2. The van der Waals surface area contributed by atoms with E-state index < -0.39 is 21.1 Å². The van der Waals surface area contributed by atoms with E-state index in [1.807, 2.05) is 49.4 Å². The lowest BCUT2D eigenvalue weighted by Gasteiger charge is -2.32. The van der Waals surface area contributed by atoms with Crippen LogP contribution in [0.25, 0.3) is 5.69 Å². The number of urea groups is 1. The van der Waals surface area contributed by atoms with Gasteiger partial charge in [0.1, 0.15) is 10.7 Å². The molecule has 11 heteroatoms. The van der Waals surface area contributed by atoms with Gasteiger partial charge in [0.15, 0.2) is 9.84 Å². The first-order valence-electron chi connectivity index (χ1n) is 15.1. The Balaban J connectivity index is 1.52. The van der Waals surface area contributed by atoms with Gasteiger partial charge in [-0.25, -0.2) is 17.9 Å². The van der Waals surface area contributed by atoms with Crippen molar-refractivity contribution < 1.29 is 13.2 Å². The van der Waals surface area contributed by atoms with E-state index >= 15 is 0 Å². The number of carbonyl (C=O) groups excluding carboxylic acids is 1. The van der Waals surface area contributed by atoms with Gasteiger partial charge in [0.25, 0.3) is 0 Å². The molecule has 3 N–H and O–H groups in total. The predicted molar refractivity (Wildman–Crippen MR) is 174 cm³/mol. The van der Waals surface area contributed by atoms with Gasteiger partial charge in [0.2, 0.25) is 0 Å². The summed E-state index contributed by atoms with van der Waals surface area (Å²) in [6, 6.07) is 16.5. The number of benzene rings is 2. The molecule has 4 aromatic rings. The zero-order valence-electron chi connectivity index (χ0n) is 26.6. The van der Waals surface area contributed by atoms with Crippen LogP contribution in [0.5, 0.6) is 0 Å². The van der Waals surface area contributed by atoms with E-state index in [-0.39, 0.29) is 16.2 Å². The number of anilines is 2. The fourth-order valence-electron chi connectivity index (χ4n) is 5.96. The number of amides is 2. The zero-order chi connectivity index (χ0) is 31.8. The monoisotopic (exact) mass is 617 g/mol. The molecule has 0 saturated carbocycles. The number of aromatic nitrogens is 4. The third-order valence-corrected chi connectivity index (χ3v) is 10.9. The number of hydrogen-bond donors (Lipinski definition) is 3. The summed E-state index contributed by atoms with van der Waals surface area (Å²) in [5.41, 5.74) is 4.63. The summed E-state index contributed by atoms with van der Waals surface area (Å²) >= 11 is 0. The van der Waals surface area contributed by atoms with Gasteiger partial charge in [-0.15, -0.1) is 0 Å². The second kappa shape index (κ2) is 12.2. The molecule has 5 rings (SSSR count). The Bertz CT molecular complexity index is 1760. The number of nitrogens with zero attached hydrogens (tertiary/aromatic N) is 4. The molecule has 1 aliphatic heterocycles. The second-order valence-corrected chi connectivity index (χ2v) is 14.8. The molecule has 1 aliphatic rings. The van der Waals surface area contributed by atoms with Crippen LogP contribution in [-0.4, -0.2) is 47.1 Å². The highest BCUT2D eigenvalue weighted by atomic mass is 32.2. The van der Waals surface area contributed by atoms with E-state index in [1.54, 1.807) is 42.4 Å². The van der Waals surface area contributed by atoms with Gasteiger partial charge in [-0.3, -0.25) is 10.00 Å². The molecular formula is C33H43N7O3S. The van der Waals surface area contributed by atoms with Crippen molar-refractivity contribution >= 4 is 27.4 Å². The molecule has 2 amide bonds. The second-order valence-electron chi connectivity index (χ2n) is 12.8. The number of aryl methyl sites for hydroxylation is 3. The summed E-state index contributed by atoms with van der Waals surface area (Å²) in [5.74, 6) is 0.376. The van der Waals surface area contributed by atoms with Crippen LogP contribution >= 0.6 is 0 Å². The van der Waals surface area contributed by atoms with Crippen LogP contribution in [0.15, 0.2) is 59.5 Å². The topological polar surface area (TPSA) is 123 Å². The van der Waals surface area contributed by atoms with Gasteiger partial charge in [0, 0.05) is 24.2 Å². The van der Waals surface area contributed by atoms with Crippen molar-refractivity contribution in [2.24, 2.45) is 13.0 Å². The molecule has 0 spiro atoms. The van der Waals surface area contributed by atoms with E-state index in [4.69, 9.17) is 5.10 Å². The number of nitrogens with one attached hydrogen (secondary N) is 3. The number of sulfone groups is 1. The van der Waals surface area contributed by atoms with Crippen molar-refractivity contribution in [1.82, 2.24) is 24.9 Å². The molecule has 3 heterocycles. The summed E-state index contributed by atoms with van der Waals surface area (Å²) in [7, 11) is -2.11. The first-order chi connectivity index (χ1) is 20.8. The average Bonchev–Trinajstić information content (AvgIpc) is 3.50. The van der Waals surface area contributed by atoms with E-state index in [9.17, 15) is 13.2 Å². The maximum atomic E-state index is 14.5. The molecule has 1 saturated heterocycles. The highest BCUT2D eigenvalue weighted by molar-refractivity contribution is 7.91. The normalized spacial score (nSPS) is 15.2. The lowest BCUT2D eigenvalue weighted by Crippen LogP contribution is -2.34. The smallest absolute Gasteiger partial charge is 0.317 e. The van der Waals surface area contributed by atoms with E-state index in [0.717, 1.165) is 30.0 Å². The predicted octanol–water partition coefficient (Wildman–Crippen LogP) is 5.99. The first kappa shape index (κ1) is 31.5. The molecule has 0 aliphatic carbocycles. The Morgan fingerprint density at radius 1 is 0.977 bits per heavy atom. The Labute approximate surface area is 260 Å². The third kappa shape index (κ3) is 6.30. The van der Waals surface area contributed by atoms with Crippen molar-refractivity contribution in [3.05, 3.63) is 82.8 Å². The molecular weight excluding hydrogens is 574 g/mol. The quantitative estimate of drug-likeness (QED) is 0.234. The number of rotatable bonds is 7. The zero-order valence-corrected chi connectivity index (χ0v) is 27.4. The van der Waals surface area contributed by atoms with Crippen molar-refractivity contribution in [1.29, 1.82) is 0 Å². The molecule has 1 unspecified atom stereocenters. The standard InChI is InChI=1S/C33H43N7O3S/c1-21-12-14-25(15-13-21)40-29(20-28(38-40)33(4,5)6)36-32(41)35-27-11-9-8-10-26(27)31(24-16-18-34-19-17-24)44(42,43)30-22(2)37-39(7)23(30)3/h8-15,20,24,31,34H,16-19H2,1-7H3,(H2,35,36,41). The van der Waals surface area contributed by atoms with Gasteiger partial charge in [-0.2, -0.15) is 10.2 Å². The number of hydrogen-bond acceptors (Lipinski definition) is 6. The highest BCUT2D eigenvalue weighted by Gasteiger charge is 2.41. The van der Waals surface area contributed by atoms with Gasteiger partial charge < -0.3 is 10.6 Å². The van der Waals surface area contributed by atoms with Crippen LogP contribution in [0.3, 0.4) is 0 Å². The number of para-hydroxylation sites is 1. The fraction of sp³-hybridized carbons (Fsp3) is 0.424. The van der Waals surface area contributed by atoms with Crippen LogP contribution in [-0.2, 0) is 22.3 Å². The Morgan fingerprint density at radius 3 is 2.25 bits per heavy atom. The van der Waals surface area contributed by atoms with E-state index in [2.05, 4.69) is 41.8 Å². The van der Waals surface area contributed by atoms with Crippen molar-refractivity contribution in [2.45, 2.75) is 69.9 Å². The Hall–Kier alpha value is -3.96. The van der Waals surface area contributed by atoms with Gasteiger partial charge in [-0.05, 0) is 76.4 Å². The summed E-state index contributed by atoms with van der Waals surface area (Å²) in [6.07, 6.45) is 1.40. The van der Waals surface area contributed by atoms with Gasteiger partial charge in [-0.1, -0.05) is 56.7 Å². The molecule has 0 bridgehead atoms. The lowest BCUT2D eigenvalue weighted by atomic mass is 9.89. The van der Waals surface area contributed by atoms with Crippen LogP contribution < -0.4 is 16.0 Å². The molecule has 2 aromatic heterocycles. The number of carbonyl (C=O) groups is 1. The van der Waals surface area contributed by atoms with Crippen LogP contribution in [0, 0.1) is 26.7 Å². The van der Waals surface area contributed by atoms with Crippen molar-refractivity contribution in [2.75, 3.05) is 23.7 Å². The molecule has 44 heavy (non-hydrogen) atoms. The largest absolute Gasteiger partial charge is 0.324 e. The van der Waals surface area contributed by atoms with Crippen LogP contribution in [0.2, 0.25) is 0 Å². The minimum absolute atomic E-state index is 0.136. The molecule has 234 valence electrons. The molecule has 10 nitrogen and oxygen atoms in total. The van der Waals surface area contributed by atoms with Gasteiger partial charge >= 0.3 is 6.03 Å². The fourth-order valence-corrected chi connectivity index (χ4v) is 8.53. The van der Waals surface area contributed by atoms with Crippen LogP contribution in [0.1, 0.15) is 67.1 Å². The maximum Gasteiger partial charge on any atom is 0.324 e. The molecule has 1 fully saturated rings. The summed E-state index contributed by atoms with van der Waals surface area (Å²) in [5, 5.41) is 17.7. The highest BCUT2D eigenvalue weighted by Crippen LogP contribution is 2.43. The van der Waals surface area contributed by atoms with E-state index in [1.165, 1.54) is 0 Å². The number of piperidine rings is 1. The third-order valence-electron chi connectivity index (χ3n) is 8.39. The average molecular weight is 618 g/mol. The minimum Gasteiger partial charge on any atom is -0.317 e. The molecule has 1 atom stereocenters. The minimum atomic E-state index is -3.87. The maximum absolute atomic E-state index is 14.5. The van der Waals surface area contributed by atoms with Crippen molar-refractivity contribution in [3.8, 4) is 5.69 Å². The van der Waals surface area contributed by atoms with E-state index in [0.29, 0.717) is 41.3 Å². The first-order valence-corrected chi connectivity index (χ1v) is 16.6. The SMILES string of the molecule is Cc1ccc(-n2nc(C(C)(C)C)cc2NC(=O)Nc2ccccc2C(C2CCNCC2)S(=O)(=O)c2c(C)nn(C)c2C)cc1. The van der Waals surface area contributed by atoms with Crippen LogP contribution in [0.4, 0.5) is 16.3 Å². The lowest BCUT2D eigenvalue weighted by molar-refractivity contribution is 0.262. The van der Waals surface area contributed by atoms with Crippen molar-refractivity contribution in [3.63, 3.8) is 0 Å². The van der Waals surface area contributed by atoms with Gasteiger partial charge in [0.05, 0.1) is 28.0 Å². The summed E-state index contributed by atoms with van der Waals surface area (Å²) in [4.78, 5) is 13.9. The Kier molecular flexibility index (Phi) is 8.73. The Morgan fingerprint density at radius 2 is 1.64 bits per heavy atom. The molecule has 0 radical (unpaired) electrons. The summed E-state index contributed by atoms with van der Waals surface area (Å²) < 4.78 is 32.4.